The van der Waals surface area contributed by atoms with Crippen LogP contribution in [0.25, 0.3) is 50.2 Å². The average Bonchev–Trinajstić information content (AvgIpc) is 3.76. The number of aromatic amines is 1. The Bertz CT molecular complexity index is 1830. The molecule has 8 nitrogen and oxygen atoms in total. The van der Waals surface area contributed by atoms with Crippen LogP contribution in [0.5, 0.6) is 0 Å². The van der Waals surface area contributed by atoms with E-state index in [0.29, 0.717) is 12.1 Å². The molecule has 0 spiro atoms. The normalized spacial score (nSPS) is 18.2. The number of pyridine rings is 1. The number of aryl methyl sites for hydroxylation is 1. The van der Waals surface area contributed by atoms with Crippen molar-refractivity contribution in [1.82, 2.24) is 35.1 Å². The molecule has 0 unspecified atom stereocenters. The molecule has 2 aromatic carbocycles. The maximum Gasteiger partial charge on any atom is 0.164 e. The molecule has 0 saturated carbocycles. The van der Waals surface area contributed by atoms with E-state index in [-0.39, 0.29) is 12.4 Å². The number of benzene rings is 2. The number of nitrogens with one attached hydrogen (secondary N) is 2. The summed E-state index contributed by atoms with van der Waals surface area (Å²) in [6, 6.07) is 20.3. The van der Waals surface area contributed by atoms with Gasteiger partial charge in [0.1, 0.15) is 5.69 Å². The highest BCUT2D eigenvalue weighted by Gasteiger charge is 2.37. The van der Waals surface area contributed by atoms with E-state index in [1.807, 2.05) is 41.2 Å². The highest BCUT2D eigenvalue weighted by atomic mass is 35.5. The van der Waals surface area contributed by atoms with E-state index < -0.39 is 0 Å². The van der Waals surface area contributed by atoms with E-state index in [9.17, 15) is 0 Å². The van der Waals surface area contributed by atoms with Crippen LogP contribution in [0.1, 0.15) is 12.0 Å². The molecule has 2 atom stereocenters. The van der Waals surface area contributed by atoms with Gasteiger partial charge in [-0.25, -0.2) is 9.50 Å². The zero-order valence-electron chi connectivity index (χ0n) is 21.4. The second kappa shape index (κ2) is 9.18. The van der Waals surface area contributed by atoms with Gasteiger partial charge >= 0.3 is 0 Å². The Morgan fingerprint density at radius 2 is 1.87 bits per heavy atom. The third-order valence-corrected chi connectivity index (χ3v) is 8.10. The molecule has 9 heteroatoms. The second-order valence-corrected chi connectivity index (χ2v) is 10.3. The number of H-pyrrole nitrogens is 1. The van der Waals surface area contributed by atoms with Gasteiger partial charge in [-0.3, -0.25) is 10.1 Å². The molecule has 39 heavy (non-hydrogen) atoms. The van der Waals surface area contributed by atoms with Crippen molar-refractivity contribution in [3.63, 3.8) is 0 Å². The largest absolute Gasteiger partial charge is 0.366 e. The first-order valence-electron chi connectivity index (χ1n) is 13.1. The SMILES string of the molecule is Cc1cc(N2C[C@@H]3C[C@H]2CN3)ccc1-c1ccnc2c(-c3cccc4[nH]ncc34)c(-c3ccncc3)nn12.Cl. The van der Waals surface area contributed by atoms with Crippen LogP contribution in [0.3, 0.4) is 0 Å². The number of rotatable bonds is 4. The van der Waals surface area contributed by atoms with Gasteiger partial charge in [0.2, 0.25) is 0 Å². The minimum absolute atomic E-state index is 0. The summed E-state index contributed by atoms with van der Waals surface area (Å²) in [5, 5.41) is 17.2. The summed E-state index contributed by atoms with van der Waals surface area (Å²) in [6.07, 6.45) is 8.61. The standard InChI is InChI=1S/C30H26N8.ClH/c1-18-13-21(37-17-20-14-22(37)15-33-20)5-6-23(18)27-9-12-32-30-28(24-3-2-4-26-25(24)16-34-35-26)29(36-38(27)30)19-7-10-31-11-8-19;/h2-13,16,20,22,33H,14-15,17H2,1H3,(H,34,35);1H/t20-,22-;/m0./s1. The van der Waals surface area contributed by atoms with Crippen molar-refractivity contribution in [2.75, 3.05) is 18.0 Å². The fourth-order valence-corrected chi connectivity index (χ4v) is 6.29. The van der Waals surface area contributed by atoms with Gasteiger partial charge in [-0.05, 0) is 60.9 Å². The van der Waals surface area contributed by atoms with Crippen LogP contribution in [-0.4, -0.2) is 55.0 Å². The Balaban J connectivity index is 0.00000253. The molecule has 2 fully saturated rings. The number of hydrogen-bond acceptors (Lipinski definition) is 6. The number of fused-ring (bicyclic) bond motifs is 4. The Labute approximate surface area is 231 Å². The first-order valence-corrected chi connectivity index (χ1v) is 13.1. The average molecular weight is 535 g/mol. The lowest BCUT2D eigenvalue weighted by atomic mass is 9.99. The smallest absolute Gasteiger partial charge is 0.164 e. The van der Waals surface area contributed by atoms with Crippen molar-refractivity contribution in [2.24, 2.45) is 0 Å². The summed E-state index contributed by atoms with van der Waals surface area (Å²) in [6.45, 7) is 4.35. The molecule has 2 aliphatic heterocycles. The molecular formula is C30H27ClN8. The van der Waals surface area contributed by atoms with Gasteiger partial charge in [-0.1, -0.05) is 18.2 Å². The third kappa shape index (κ3) is 3.71. The molecule has 2 N–H and O–H groups in total. The van der Waals surface area contributed by atoms with E-state index in [1.165, 1.54) is 17.7 Å². The number of hydrogen-bond donors (Lipinski definition) is 2. The maximum atomic E-state index is 5.18. The molecule has 2 bridgehead atoms. The van der Waals surface area contributed by atoms with Crippen LogP contribution in [0.15, 0.2) is 79.4 Å². The van der Waals surface area contributed by atoms with Crippen LogP contribution >= 0.6 is 12.4 Å². The minimum atomic E-state index is 0. The van der Waals surface area contributed by atoms with Gasteiger partial charge in [0.25, 0.3) is 0 Å². The first kappa shape index (κ1) is 23.8. The lowest BCUT2D eigenvalue weighted by molar-refractivity contribution is 0.580. The summed E-state index contributed by atoms with van der Waals surface area (Å²) in [7, 11) is 0. The van der Waals surface area contributed by atoms with Crippen LogP contribution in [-0.2, 0) is 0 Å². The van der Waals surface area contributed by atoms with Crippen molar-refractivity contribution < 1.29 is 0 Å². The number of anilines is 1. The van der Waals surface area contributed by atoms with Gasteiger partial charge in [-0.2, -0.15) is 10.2 Å². The van der Waals surface area contributed by atoms with Gasteiger partial charge < -0.3 is 10.2 Å². The van der Waals surface area contributed by atoms with Crippen molar-refractivity contribution in [2.45, 2.75) is 25.4 Å². The van der Waals surface area contributed by atoms with E-state index >= 15 is 0 Å². The predicted octanol–water partition coefficient (Wildman–Crippen LogP) is 5.28. The molecule has 6 heterocycles. The predicted molar refractivity (Wildman–Crippen MR) is 156 cm³/mol. The molecule has 0 amide bonds. The van der Waals surface area contributed by atoms with Gasteiger partial charge in [0, 0.05) is 66.0 Å². The first-order chi connectivity index (χ1) is 18.7. The fourth-order valence-electron chi connectivity index (χ4n) is 6.29. The number of aromatic nitrogens is 6. The molecule has 0 radical (unpaired) electrons. The number of piperazine rings is 1. The molecule has 194 valence electrons. The molecule has 6 aromatic rings. The highest BCUT2D eigenvalue weighted by Crippen LogP contribution is 2.40. The summed E-state index contributed by atoms with van der Waals surface area (Å²) in [4.78, 5) is 11.6. The number of nitrogens with zero attached hydrogens (tertiary/aromatic N) is 6. The topological polar surface area (TPSA) is 87.0 Å². The third-order valence-electron chi connectivity index (χ3n) is 8.10. The molecule has 4 aromatic heterocycles. The quantitative estimate of drug-likeness (QED) is 0.320. The van der Waals surface area contributed by atoms with E-state index in [1.54, 1.807) is 12.4 Å². The lowest BCUT2D eigenvalue weighted by Gasteiger charge is -2.30. The Kier molecular flexibility index (Phi) is 5.61. The monoisotopic (exact) mass is 534 g/mol. The van der Waals surface area contributed by atoms with Crippen LogP contribution in [0.4, 0.5) is 5.69 Å². The van der Waals surface area contributed by atoms with Crippen molar-refractivity contribution in [3.8, 4) is 33.6 Å². The molecular weight excluding hydrogens is 508 g/mol. The van der Waals surface area contributed by atoms with E-state index in [4.69, 9.17) is 10.1 Å². The lowest BCUT2D eigenvalue weighted by Crippen LogP contribution is -2.43. The van der Waals surface area contributed by atoms with Crippen molar-refractivity contribution >= 4 is 34.6 Å². The zero-order valence-corrected chi connectivity index (χ0v) is 22.2. The van der Waals surface area contributed by atoms with Crippen LogP contribution in [0.2, 0.25) is 0 Å². The van der Waals surface area contributed by atoms with E-state index in [2.05, 4.69) is 62.7 Å². The molecule has 2 saturated heterocycles. The van der Waals surface area contributed by atoms with Gasteiger partial charge in [0.05, 0.1) is 23.0 Å². The van der Waals surface area contributed by atoms with Crippen LogP contribution in [0, 0.1) is 6.92 Å². The minimum Gasteiger partial charge on any atom is -0.366 e. The maximum absolute atomic E-state index is 5.18. The highest BCUT2D eigenvalue weighted by molar-refractivity contribution is 6.03. The zero-order chi connectivity index (χ0) is 25.2. The van der Waals surface area contributed by atoms with Gasteiger partial charge in [0.15, 0.2) is 5.65 Å². The van der Waals surface area contributed by atoms with Gasteiger partial charge in [-0.15, -0.1) is 12.4 Å². The fraction of sp³-hybridized carbons (Fsp3) is 0.200. The molecule has 8 rings (SSSR count). The summed E-state index contributed by atoms with van der Waals surface area (Å²) >= 11 is 0. The second-order valence-electron chi connectivity index (χ2n) is 10.3. The summed E-state index contributed by atoms with van der Waals surface area (Å²) in [5.41, 5.74) is 10.4. The number of halogens is 1. The van der Waals surface area contributed by atoms with Crippen LogP contribution < -0.4 is 10.2 Å². The Hall–Kier alpha value is -4.27. The Morgan fingerprint density at radius 1 is 0.974 bits per heavy atom. The van der Waals surface area contributed by atoms with Crippen molar-refractivity contribution in [3.05, 3.63) is 84.9 Å². The molecule has 2 aliphatic rings. The van der Waals surface area contributed by atoms with E-state index in [0.717, 1.165) is 63.3 Å². The Morgan fingerprint density at radius 3 is 2.67 bits per heavy atom. The summed E-state index contributed by atoms with van der Waals surface area (Å²) in [5.74, 6) is 0. The molecule has 0 aliphatic carbocycles. The van der Waals surface area contributed by atoms with Crippen molar-refractivity contribution in [1.29, 1.82) is 0 Å². The summed E-state index contributed by atoms with van der Waals surface area (Å²) < 4.78 is 1.99.